The summed E-state index contributed by atoms with van der Waals surface area (Å²) in [4.78, 5) is 4.62. The molecular formula is C11H21N5S. The van der Waals surface area contributed by atoms with Gasteiger partial charge in [0, 0.05) is 11.6 Å². The van der Waals surface area contributed by atoms with Crippen molar-refractivity contribution < 1.29 is 0 Å². The number of nitrogens with zero attached hydrogens (tertiary/aromatic N) is 2. The Labute approximate surface area is 107 Å². The van der Waals surface area contributed by atoms with Crippen LogP contribution in [0.5, 0.6) is 0 Å². The van der Waals surface area contributed by atoms with Crippen molar-refractivity contribution in [1.29, 1.82) is 0 Å². The van der Waals surface area contributed by atoms with Crippen LogP contribution in [-0.4, -0.2) is 28.9 Å². The van der Waals surface area contributed by atoms with Crippen molar-refractivity contribution in [2.45, 2.75) is 45.2 Å². The van der Waals surface area contributed by atoms with Crippen molar-refractivity contribution >= 4 is 17.6 Å². The summed E-state index contributed by atoms with van der Waals surface area (Å²) >= 11 is 1.67. The van der Waals surface area contributed by atoms with Crippen molar-refractivity contribution in [3.8, 4) is 0 Å². The third-order valence-electron chi connectivity index (χ3n) is 2.25. The summed E-state index contributed by atoms with van der Waals surface area (Å²) in [6.07, 6.45) is 6.53. The molecule has 0 saturated heterocycles. The summed E-state index contributed by atoms with van der Waals surface area (Å²) in [6.45, 7) is 6.35. The van der Waals surface area contributed by atoms with Gasteiger partial charge in [-0.25, -0.2) is 5.43 Å². The molecule has 0 unspecified atom stereocenters. The van der Waals surface area contributed by atoms with E-state index in [9.17, 15) is 0 Å². The van der Waals surface area contributed by atoms with E-state index in [0.717, 1.165) is 10.9 Å². The fourth-order valence-corrected chi connectivity index (χ4v) is 1.82. The van der Waals surface area contributed by atoms with E-state index >= 15 is 0 Å². The van der Waals surface area contributed by atoms with Crippen LogP contribution in [0.2, 0.25) is 0 Å². The number of nitrogens with one attached hydrogen (secondary N) is 3. The number of hydrazine groups is 3. The van der Waals surface area contributed by atoms with Crippen LogP contribution < -0.4 is 16.3 Å². The van der Waals surface area contributed by atoms with Crippen LogP contribution in [0.4, 0.5) is 0 Å². The van der Waals surface area contributed by atoms with Gasteiger partial charge in [0.2, 0.25) is 0 Å². The summed E-state index contributed by atoms with van der Waals surface area (Å²) < 4.78 is 0. The first-order valence-electron chi connectivity index (χ1n) is 5.91. The minimum Gasteiger partial charge on any atom is -0.281 e. The lowest BCUT2D eigenvalue weighted by molar-refractivity contribution is 0.0528. The fourth-order valence-electron chi connectivity index (χ4n) is 1.40. The first-order chi connectivity index (χ1) is 7.96. The van der Waals surface area contributed by atoms with Gasteiger partial charge in [-0.1, -0.05) is 5.23 Å². The van der Waals surface area contributed by atoms with E-state index in [1.807, 2.05) is 12.3 Å². The van der Waals surface area contributed by atoms with Gasteiger partial charge in [-0.2, -0.15) is 0 Å². The third kappa shape index (κ3) is 4.22. The average Bonchev–Trinajstić information content (AvgIpc) is 2.98. The van der Waals surface area contributed by atoms with Gasteiger partial charge in [0.05, 0.1) is 11.1 Å². The number of hydrogen-bond donors (Lipinski definition) is 3. The zero-order valence-corrected chi connectivity index (χ0v) is 11.7. The topological polar surface area (TPSA) is 51.7 Å². The van der Waals surface area contributed by atoms with Crippen LogP contribution in [0.3, 0.4) is 0 Å². The number of thioether (sulfide) groups is 1. The summed E-state index contributed by atoms with van der Waals surface area (Å²) in [6, 6.07) is 0.520. The molecule has 1 aliphatic carbocycles. The minimum atomic E-state index is -0.00838. The second kappa shape index (κ2) is 4.88. The molecule has 1 heterocycles. The SMILES string of the molecule is CSC1=CC(=NC2CC2)NN(NC(C)(C)C)N1. The standard InChI is InChI=1S/C11H21N5S/c1-11(2,3)15-16-13-9(12-8-5-6-8)7-10(14-16)17-4/h7-8,14-15H,5-6H2,1-4H3,(H,12,13). The molecule has 2 aliphatic rings. The first-order valence-corrected chi connectivity index (χ1v) is 7.13. The Morgan fingerprint density at radius 1 is 1.41 bits per heavy atom. The molecule has 0 radical (unpaired) electrons. The Balaban J connectivity index is 2.04. The average molecular weight is 255 g/mol. The van der Waals surface area contributed by atoms with Gasteiger partial charge in [-0.05, 0) is 39.9 Å². The van der Waals surface area contributed by atoms with E-state index in [1.54, 1.807) is 17.0 Å². The molecule has 0 atom stereocenters. The van der Waals surface area contributed by atoms with Crippen LogP contribution in [0, 0.1) is 0 Å². The summed E-state index contributed by atoms with van der Waals surface area (Å²) in [7, 11) is 0. The summed E-state index contributed by atoms with van der Waals surface area (Å²) in [5, 5.41) is 2.87. The molecule has 0 spiro atoms. The highest BCUT2D eigenvalue weighted by molar-refractivity contribution is 8.02. The Kier molecular flexibility index (Phi) is 3.65. The van der Waals surface area contributed by atoms with Crippen LogP contribution in [0.15, 0.2) is 16.1 Å². The second-order valence-corrected chi connectivity index (χ2v) is 6.23. The van der Waals surface area contributed by atoms with E-state index in [0.29, 0.717) is 6.04 Å². The largest absolute Gasteiger partial charge is 0.281 e. The van der Waals surface area contributed by atoms with E-state index < -0.39 is 0 Å². The molecule has 5 nitrogen and oxygen atoms in total. The van der Waals surface area contributed by atoms with Gasteiger partial charge in [0.1, 0.15) is 5.84 Å². The maximum atomic E-state index is 4.62. The van der Waals surface area contributed by atoms with Gasteiger partial charge in [0.25, 0.3) is 0 Å². The Hall–Kier alpha value is -0.720. The Bertz CT molecular complexity index is 340. The quantitative estimate of drug-likeness (QED) is 0.711. The normalized spacial score (nSPS) is 24.2. The zero-order chi connectivity index (χ0) is 12.5. The second-order valence-electron chi connectivity index (χ2n) is 5.38. The maximum Gasteiger partial charge on any atom is 0.140 e. The van der Waals surface area contributed by atoms with Gasteiger partial charge in [-0.15, -0.1) is 11.8 Å². The highest BCUT2D eigenvalue weighted by Gasteiger charge is 2.24. The Morgan fingerprint density at radius 3 is 2.65 bits per heavy atom. The molecule has 0 amide bonds. The highest BCUT2D eigenvalue weighted by Crippen LogP contribution is 2.24. The smallest absolute Gasteiger partial charge is 0.140 e. The first kappa shape index (κ1) is 12.7. The van der Waals surface area contributed by atoms with Crippen LogP contribution in [0.1, 0.15) is 33.6 Å². The molecule has 3 N–H and O–H groups in total. The van der Waals surface area contributed by atoms with E-state index in [4.69, 9.17) is 0 Å². The number of hydrogen-bond acceptors (Lipinski definition) is 5. The molecular weight excluding hydrogens is 234 g/mol. The lowest BCUT2D eigenvalue weighted by atomic mass is 10.1. The van der Waals surface area contributed by atoms with E-state index in [2.05, 4.69) is 42.0 Å². The predicted octanol–water partition coefficient (Wildman–Crippen LogP) is 1.38. The minimum absolute atomic E-state index is 0.00838. The third-order valence-corrected chi connectivity index (χ3v) is 2.90. The van der Waals surface area contributed by atoms with Crippen molar-refractivity contribution in [3.63, 3.8) is 0 Å². The molecule has 96 valence electrons. The van der Waals surface area contributed by atoms with Gasteiger partial charge >= 0.3 is 0 Å². The van der Waals surface area contributed by atoms with Crippen molar-refractivity contribution in [3.05, 3.63) is 11.1 Å². The molecule has 0 aromatic heterocycles. The molecule has 0 aromatic carbocycles. The monoisotopic (exact) mass is 255 g/mol. The zero-order valence-electron chi connectivity index (χ0n) is 10.9. The molecule has 1 fully saturated rings. The fraction of sp³-hybridized carbons (Fsp3) is 0.727. The van der Waals surface area contributed by atoms with Gasteiger partial charge in [-0.3, -0.25) is 15.8 Å². The lowest BCUT2D eigenvalue weighted by Crippen LogP contribution is -2.64. The summed E-state index contributed by atoms with van der Waals surface area (Å²) in [5.74, 6) is 0.923. The molecule has 2 rings (SSSR count). The van der Waals surface area contributed by atoms with Crippen molar-refractivity contribution in [2.75, 3.05) is 6.26 Å². The molecule has 0 aromatic rings. The van der Waals surface area contributed by atoms with Crippen LogP contribution in [0.25, 0.3) is 0 Å². The lowest BCUT2D eigenvalue weighted by Gasteiger charge is -2.35. The molecule has 1 saturated carbocycles. The highest BCUT2D eigenvalue weighted by atomic mass is 32.2. The van der Waals surface area contributed by atoms with Gasteiger partial charge in [0.15, 0.2) is 0 Å². The molecule has 0 bridgehead atoms. The van der Waals surface area contributed by atoms with Crippen LogP contribution >= 0.6 is 11.8 Å². The van der Waals surface area contributed by atoms with E-state index in [-0.39, 0.29) is 5.54 Å². The van der Waals surface area contributed by atoms with Crippen LogP contribution in [-0.2, 0) is 0 Å². The van der Waals surface area contributed by atoms with Crippen molar-refractivity contribution in [1.82, 2.24) is 21.5 Å². The molecule has 17 heavy (non-hydrogen) atoms. The number of amidine groups is 1. The van der Waals surface area contributed by atoms with Crippen molar-refractivity contribution in [2.24, 2.45) is 4.99 Å². The van der Waals surface area contributed by atoms with E-state index in [1.165, 1.54) is 12.8 Å². The predicted molar refractivity (Wildman–Crippen MR) is 73.1 cm³/mol. The Morgan fingerprint density at radius 2 is 2.12 bits per heavy atom. The maximum absolute atomic E-state index is 4.62. The summed E-state index contributed by atoms with van der Waals surface area (Å²) in [5.41, 5.74) is 9.77. The number of rotatable bonds is 3. The number of aliphatic imine (C=N–C) groups is 1. The van der Waals surface area contributed by atoms with Gasteiger partial charge < -0.3 is 0 Å². The molecule has 6 heteroatoms. The molecule has 1 aliphatic heterocycles.